The first-order valence-corrected chi connectivity index (χ1v) is 5.58. The second-order valence-corrected chi connectivity index (χ2v) is 4.29. The molecular weight excluding hydrogens is 284 g/mol. The Morgan fingerprint density at radius 2 is 2.27 bits per heavy atom. The predicted molar refractivity (Wildman–Crippen MR) is 62.8 cm³/mol. The van der Waals surface area contributed by atoms with Crippen molar-refractivity contribution in [2.24, 2.45) is 0 Å². The molecule has 1 aromatic rings. The summed E-state index contributed by atoms with van der Waals surface area (Å²) < 4.78 is 19.3. The van der Waals surface area contributed by atoms with Crippen LogP contribution in [0.3, 0.4) is 0 Å². The van der Waals surface area contributed by atoms with Crippen LogP contribution >= 0.6 is 27.5 Å². The maximum absolute atomic E-state index is 13.8. The van der Waals surface area contributed by atoms with E-state index < -0.39 is 5.82 Å². The number of hydrogen-bond acceptors (Lipinski definition) is 2. The number of rotatable bonds is 4. The molecule has 1 N–H and O–H groups in total. The van der Waals surface area contributed by atoms with E-state index in [0.717, 1.165) is 0 Å². The standard InChI is InChI=1S/C10H12BrClFNO/c1-14-8(5-15-2)6-3-4-7(11)9(12)10(6)13/h3-4,8,14H,5H2,1-2H3. The van der Waals surface area contributed by atoms with Crippen LogP contribution in [0, 0.1) is 5.82 Å². The number of hydrogen-bond donors (Lipinski definition) is 1. The van der Waals surface area contributed by atoms with Gasteiger partial charge in [0, 0.05) is 17.1 Å². The van der Waals surface area contributed by atoms with E-state index in [2.05, 4.69) is 21.2 Å². The highest BCUT2D eigenvalue weighted by molar-refractivity contribution is 9.10. The van der Waals surface area contributed by atoms with Gasteiger partial charge >= 0.3 is 0 Å². The van der Waals surface area contributed by atoms with Crippen LogP contribution in [-0.2, 0) is 4.74 Å². The molecule has 1 aromatic carbocycles. The lowest BCUT2D eigenvalue weighted by molar-refractivity contribution is 0.169. The van der Waals surface area contributed by atoms with Crippen LogP contribution < -0.4 is 5.32 Å². The Morgan fingerprint density at radius 3 is 2.80 bits per heavy atom. The summed E-state index contributed by atoms with van der Waals surface area (Å²) in [6.07, 6.45) is 0. The lowest BCUT2D eigenvalue weighted by Crippen LogP contribution is -2.22. The second-order valence-electron chi connectivity index (χ2n) is 3.06. The van der Waals surface area contributed by atoms with Crippen molar-refractivity contribution in [3.63, 3.8) is 0 Å². The van der Waals surface area contributed by atoms with E-state index in [1.165, 1.54) is 0 Å². The van der Waals surface area contributed by atoms with Crippen molar-refractivity contribution in [2.45, 2.75) is 6.04 Å². The number of nitrogens with one attached hydrogen (secondary N) is 1. The van der Waals surface area contributed by atoms with Gasteiger partial charge in [0.25, 0.3) is 0 Å². The maximum atomic E-state index is 13.8. The highest BCUT2D eigenvalue weighted by Crippen LogP contribution is 2.30. The summed E-state index contributed by atoms with van der Waals surface area (Å²) in [5.74, 6) is -0.414. The first-order chi connectivity index (χ1) is 7.11. The molecule has 0 aromatic heterocycles. The van der Waals surface area contributed by atoms with Crippen molar-refractivity contribution in [3.8, 4) is 0 Å². The molecule has 0 aliphatic heterocycles. The number of likely N-dealkylation sites (N-methyl/N-ethyl adjacent to an activating group) is 1. The predicted octanol–water partition coefficient (Wildman–Crippen LogP) is 3.15. The SMILES string of the molecule is CNC(COC)c1ccc(Br)c(Cl)c1F. The van der Waals surface area contributed by atoms with Gasteiger partial charge in [0.15, 0.2) is 0 Å². The summed E-state index contributed by atoms with van der Waals surface area (Å²) >= 11 is 8.96. The zero-order valence-electron chi connectivity index (χ0n) is 8.48. The average molecular weight is 297 g/mol. The van der Waals surface area contributed by atoms with Crippen molar-refractivity contribution in [3.05, 3.63) is 33.0 Å². The first kappa shape index (κ1) is 12.9. The van der Waals surface area contributed by atoms with E-state index in [4.69, 9.17) is 16.3 Å². The summed E-state index contributed by atoms with van der Waals surface area (Å²) in [5.41, 5.74) is 0.507. The summed E-state index contributed by atoms with van der Waals surface area (Å²) in [7, 11) is 3.32. The normalized spacial score (nSPS) is 12.9. The average Bonchev–Trinajstić information content (AvgIpc) is 2.24. The molecule has 2 nitrogen and oxygen atoms in total. The van der Waals surface area contributed by atoms with Gasteiger partial charge in [-0.15, -0.1) is 0 Å². The molecule has 5 heteroatoms. The minimum Gasteiger partial charge on any atom is -0.383 e. The van der Waals surface area contributed by atoms with E-state index in [1.54, 1.807) is 26.3 Å². The molecule has 1 unspecified atom stereocenters. The van der Waals surface area contributed by atoms with E-state index in [1.807, 2.05) is 0 Å². The molecule has 0 saturated heterocycles. The van der Waals surface area contributed by atoms with Gasteiger partial charge in [0.2, 0.25) is 0 Å². The lowest BCUT2D eigenvalue weighted by Gasteiger charge is -2.17. The molecule has 0 fully saturated rings. The van der Waals surface area contributed by atoms with Gasteiger partial charge < -0.3 is 10.1 Å². The topological polar surface area (TPSA) is 21.3 Å². The fraction of sp³-hybridized carbons (Fsp3) is 0.400. The van der Waals surface area contributed by atoms with Crippen LogP contribution in [0.1, 0.15) is 11.6 Å². The molecule has 0 spiro atoms. The molecule has 0 bridgehead atoms. The van der Waals surface area contributed by atoms with Crippen LogP contribution in [0.15, 0.2) is 16.6 Å². The van der Waals surface area contributed by atoms with Crippen LogP contribution in [0.4, 0.5) is 4.39 Å². The Labute approximate surface area is 102 Å². The Bertz CT molecular complexity index is 348. The molecule has 0 radical (unpaired) electrons. The Morgan fingerprint density at radius 1 is 1.60 bits per heavy atom. The third-order valence-electron chi connectivity index (χ3n) is 2.12. The van der Waals surface area contributed by atoms with Crippen LogP contribution in [0.5, 0.6) is 0 Å². The van der Waals surface area contributed by atoms with E-state index >= 15 is 0 Å². The van der Waals surface area contributed by atoms with Gasteiger partial charge in [-0.05, 0) is 29.0 Å². The molecule has 84 valence electrons. The molecular formula is C10H12BrClFNO. The third kappa shape index (κ3) is 2.91. The van der Waals surface area contributed by atoms with E-state index in [9.17, 15) is 4.39 Å². The summed E-state index contributed by atoms with van der Waals surface area (Å²) in [6, 6.07) is 3.22. The minimum atomic E-state index is -0.414. The van der Waals surface area contributed by atoms with Gasteiger partial charge in [-0.25, -0.2) is 4.39 Å². The highest BCUT2D eigenvalue weighted by Gasteiger charge is 2.17. The second kappa shape index (κ2) is 5.80. The number of ether oxygens (including phenoxy) is 1. The Hall–Kier alpha value is -0.160. The maximum Gasteiger partial charge on any atom is 0.147 e. The molecule has 1 atom stereocenters. The molecule has 0 aliphatic carbocycles. The summed E-state index contributed by atoms with van der Waals surface area (Å²) in [5, 5.41) is 3.07. The van der Waals surface area contributed by atoms with Gasteiger partial charge in [0.1, 0.15) is 5.82 Å². The lowest BCUT2D eigenvalue weighted by atomic mass is 10.1. The number of benzene rings is 1. The zero-order valence-corrected chi connectivity index (χ0v) is 10.8. The highest BCUT2D eigenvalue weighted by atomic mass is 79.9. The number of methoxy groups -OCH3 is 1. The molecule has 0 amide bonds. The molecule has 0 heterocycles. The fourth-order valence-electron chi connectivity index (χ4n) is 1.31. The van der Waals surface area contributed by atoms with Gasteiger partial charge in [-0.1, -0.05) is 17.7 Å². The van der Waals surface area contributed by atoms with Crippen molar-refractivity contribution in [2.75, 3.05) is 20.8 Å². The number of halogens is 3. The summed E-state index contributed by atoms with van der Waals surface area (Å²) in [6.45, 7) is 0.394. The molecule has 0 aliphatic rings. The van der Waals surface area contributed by atoms with Gasteiger partial charge in [-0.2, -0.15) is 0 Å². The zero-order chi connectivity index (χ0) is 11.4. The van der Waals surface area contributed by atoms with Crippen molar-refractivity contribution >= 4 is 27.5 Å². The minimum absolute atomic E-state index is 0.101. The van der Waals surface area contributed by atoms with Crippen molar-refractivity contribution in [1.29, 1.82) is 0 Å². The summed E-state index contributed by atoms with van der Waals surface area (Å²) in [4.78, 5) is 0. The quantitative estimate of drug-likeness (QED) is 0.862. The molecule has 0 saturated carbocycles. The smallest absolute Gasteiger partial charge is 0.147 e. The Kier molecular flexibility index (Phi) is 4.99. The Balaban J connectivity index is 3.07. The van der Waals surface area contributed by atoms with E-state index in [-0.39, 0.29) is 11.1 Å². The van der Waals surface area contributed by atoms with Crippen LogP contribution in [0.25, 0.3) is 0 Å². The fourth-order valence-corrected chi connectivity index (χ4v) is 1.78. The van der Waals surface area contributed by atoms with Crippen LogP contribution in [0.2, 0.25) is 5.02 Å². The monoisotopic (exact) mass is 295 g/mol. The van der Waals surface area contributed by atoms with Gasteiger partial charge in [0.05, 0.1) is 17.7 Å². The van der Waals surface area contributed by atoms with Gasteiger partial charge in [-0.3, -0.25) is 0 Å². The largest absolute Gasteiger partial charge is 0.383 e. The van der Waals surface area contributed by atoms with E-state index in [0.29, 0.717) is 16.6 Å². The molecule has 15 heavy (non-hydrogen) atoms. The molecule has 1 rings (SSSR count). The third-order valence-corrected chi connectivity index (χ3v) is 3.38. The van der Waals surface area contributed by atoms with Crippen LogP contribution in [-0.4, -0.2) is 20.8 Å². The first-order valence-electron chi connectivity index (χ1n) is 4.41. The van der Waals surface area contributed by atoms with Crippen molar-refractivity contribution < 1.29 is 9.13 Å². The van der Waals surface area contributed by atoms with Crippen molar-refractivity contribution in [1.82, 2.24) is 5.32 Å².